The second-order valence-electron chi connectivity index (χ2n) is 5.37. The summed E-state index contributed by atoms with van der Waals surface area (Å²) < 4.78 is 42.7. The van der Waals surface area contributed by atoms with Crippen LogP contribution in [-0.2, 0) is 0 Å². The minimum atomic E-state index is -4.61. The normalized spacial score (nSPS) is 18.4. The lowest BCUT2D eigenvalue weighted by molar-refractivity contribution is -0.222. The molecule has 0 bridgehead atoms. The summed E-state index contributed by atoms with van der Waals surface area (Å²) in [4.78, 5) is 15.4. The van der Waals surface area contributed by atoms with Gasteiger partial charge >= 0.3 is 6.18 Å². The van der Waals surface area contributed by atoms with Crippen LogP contribution in [0.5, 0.6) is 5.75 Å². The number of rotatable bonds is 3. The first kappa shape index (κ1) is 17.1. The molecule has 0 saturated carbocycles. The van der Waals surface area contributed by atoms with Crippen LogP contribution < -0.4 is 4.74 Å². The minimum Gasteiger partial charge on any atom is -0.495 e. The monoisotopic (exact) mass is 337 g/mol. The maximum Gasteiger partial charge on any atom is 0.414 e. The van der Waals surface area contributed by atoms with Crippen molar-refractivity contribution < 1.29 is 27.8 Å². The van der Waals surface area contributed by atoms with Crippen molar-refractivity contribution in [1.29, 1.82) is 0 Å². The molecule has 8 heteroatoms. The molecule has 0 spiro atoms. The molecule has 22 heavy (non-hydrogen) atoms. The Morgan fingerprint density at radius 1 is 1.45 bits per heavy atom. The number of methoxy groups -OCH3 is 1. The van der Waals surface area contributed by atoms with E-state index in [-0.39, 0.29) is 31.8 Å². The van der Waals surface area contributed by atoms with Crippen molar-refractivity contribution in [2.75, 3.05) is 20.2 Å². The average Bonchev–Trinajstić information content (AvgIpc) is 2.86. The number of likely N-dealkylation sites (tertiary alicyclic amines) is 1. The number of thiophene rings is 1. The standard InChI is InChI=1S/C14H18F3NO3S/c1-8-7-10(21-2)11(22-8)13(20)18-5-3-9(4-6-18)12(19)14(15,16)17/h7,9,12,19H,3-6H2,1-2H3. The van der Waals surface area contributed by atoms with E-state index in [1.54, 1.807) is 6.07 Å². The van der Waals surface area contributed by atoms with E-state index in [1.165, 1.54) is 23.3 Å². The number of hydrogen-bond acceptors (Lipinski definition) is 4. The number of piperidine rings is 1. The molecule has 1 aliphatic heterocycles. The van der Waals surface area contributed by atoms with Crippen LogP contribution in [0, 0.1) is 12.8 Å². The Hall–Kier alpha value is -1.28. The topological polar surface area (TPSA) is 49.8 Å². The Morgan fingerprint density at radius 2 is 2.05 bits per heavy atom. The molecule has 0 radical (unpaired) electrons. The van der Waals surface area contributed by atoms with E-state index in [4.69, 9.17) is 4.74 Å². The number of nitrogens with zero attached hydrogens (tertiary/aromatic N) is 1. The Morgan fingerprint density at radius 3 is 2.55 bits per heavy atom. The Labute approximate surface area is 130 Å². The summed E-state index contributed by atoms with van der Waals surface area (Å²) in [7, 11) is 1.48. The molecule has 1 unspecified atom stereocenters. The van der Waals surface area contributed by atoms with Crippen LogP contribution >= 0.6 is 11.3 Å². The van der Waals surface area contributed by atoms with Gasteiger partial charge in [0.05, 0.1) is 7.11 Å². The number of alkyl halides is 3. The quantitative estimate of drug-likeness (QED) is 0.923. The van der Waals surface area contributed by atoms with Crippen LogP contribution in [0.25, 0.3) is 0 Å². The van der Waals surface area contributed by atoms with E-state index in [2.05, 4.69) is 0 Å². The van der Waals surface area contributed by atoms with E-state index < -0.39 is 18.2 Å². The van der Waals surface area contributed by atoms with Crippen LogP contribution in [0.4, 0.5) is 13.2 Å². The highest BCUT2D eigenvalue weighted by Gasteiger charge is 2.44. The Balaban J connectivity index is 2.01. The molecule has 124 valence electrons. The predicted octanol–water partition coefficient (Wildman–Crippen LogP) is 2.84. The molecule has 1 atom stereocenters. The number of ether oxygens (including phenoxy) is 1. The fraction of sp³-hybridized carbons (Fsp3) is 0.643. The molecule has 1 amide bonds. The number of aliphatic hydroxyl groups excluding tert-OH is 1. The summed E-state index contributed by atoms with van der Waals surface area (Å²) in [5.41, 5.74) is 0. The van der Waals surface area contributed by atoms with Crippen LogP contribution in [0.1, 0.15) is 27.4 Å². The third-order valence-corrected chi connectivity index (χ3v) is 4.86. The van der Waals surface area contributed by atoms with Crippen molar-refractivity contribution in [3.8, 4) is 5.75 Å². The number of halogens is 3. The molecule has 1 aromatic rings. The van der Waals surface area contributed by atoms with Crippen LogP contribution in [0.2, 0.25) is 0 Å². The van der Waals surface area contributed by atoms with E-state index in [0.29, 0.717) is 10.6 Å². The van der Waals surface area contributed by atoms with E-state index >= 15 is 0 Å². The minimum absolute atomic E-state index is 0.138. The second kappa shape index (κ2) is 6.45. The molecule has 1 N–H and O–H groups in total. The molecule has 1 aliphatic rings. The summed E-state index contributed by atoms with van der Waals surface area (Å²) >= 11 is 1.31. The van der Waals surface area contributed by atoms with Gasteiger partial charge < -0.3 is 14.7 Å². The third kappa shape index (κ3) is 3.55. The second-order valence-corrected chi connectivity index (χ2v) is 6.63. The van der Waals surface area contributed by atoms with Crippen molar-refractivity contribution in [2.45, 2.75) is 32.0 Å². The SMILES string of the molecule is COc1cc(C)sc1C(=O)N1CCC(C(O)C(F)(F)F)CC1. The Kier molecular flexibility index (Phi) is 5.01. The molecule has 4 nitrogen and oxygen atoms in total. The Bertz CT molecular complexity index is 536. The number of aryl methyl sites for hydroxylation is 1. The van der Waals surface area contributed by atoms with Gasteiger partial charge in [-0.3, -0.25) is 4.79 Å². The molecule has 1 saturated heterocycles. The zero-order valence-electron chi connectivity index (χ0n) is 12.3. The predicted molar refractivity (Wildman–Crippen MR) is 76.3 cm³/mol. The van der Waals surface area contributed by atoms with Crippen molar-refractivity contribution in [1.82, 2.24) is 4.90 Å². The van der Waals surface area contributed by atoms with Gasteiger partial charge in [0.25, 0.3) is 5.91 Å². The summed E-state index contributed by atoms with van der Waals surface area (Å²) in [5, 5.41) is 9.29. The first-order valence-electron chi connectivity index (χ1n) is 6.92. The number of amides is 1. The zero-order valence-corrected chi connectivity index (χ0v) is 13.1. The fourth-order valence-electron chi connectivity index (χ4n) is 2.62. The smallest absolute Gasteiger partial charge is 0.414 e. The van der Waals surface area contributed by atoms with Gasteiger partial charge in [0, 0.05) is 18.0 Å². The van der Waals surface area contributed by atoms with Crippen molar-refractivity contribution >= 4 is 17.2 Å². The molecular weight excluding hydrogens is 319 g/mol. The van der Waals surface area contributed by atoms with Crippen LogP contribution in [-0.4, -0.2) is 48.4 Å². The van der Waals surface area contributed by atoms with Crippen molar-refractivity contribution in [2.24, 2.45) is 5.92 Å². The van der Waals surface area contributed by atoms with E-state index in [0.717, 1.165) is 4.88 Å². The average molecular weight is 337 g/mol. The summed E-state index contributed by atoms with van der Waals surface area (Å²) in [6.45, 7) is 2.27. The van der Waals surface area contributed by atoms with Gasteiger partial charge in [-0.15, -0.1) is 11.3 Å². The lowest BCUT2D eigenvalue weighted by atomic mass is 9.91. The first-order chi connectivity index (χ1) is 10.2. The number of aliphatic hydroxyl groups is 1. The van der Waals surface area contributed by atoms with Gasteiger partial charge in [-0.1, -0.05) is 0 Å². The lowest BCUT2D eigenvalue weighted by Gasteiger charge is -2.34. The van der Waals surface area contributed by atoms with Gasteiger partial charge in [-0.25, -0.2) is 0 Å². The van der Waals surface area contributed by atoms with Gasteiger partial charge in [0.2, 0.25) is 0 Å². The van der Waals surface area contributed by atoms with E-state index in [9.17, 15) is 23.1 Å². The highest BCUT2D eigenvalue weighted by Crippen LogP contribution is 2.34. The molecule has 0 aromatic carbocycles. The van der Waals surface area contributed by atoms with Gasteiger partial charge in [-0.05, 0) is 31.7 Å². The summed E-state index contributed by atoms with van der Waals surface area (Å²) in [6, 6.07) is 1.76. The maximum atomic E-state index is 12.5. The number of carbonyl (C=O) groups excluding carboxylic acids is 1. The van der Waals surface area contributed by atoms with E-state index in [1.807, 2.05) is 6.92 Å². The summed E-state index contributed by atoms with van der Waals surface area (Å²) in [6.07, 6.45) is -6.65. The molecule has 2 heterocycles. The van der Waals surface area contributed by atoms with Gasteiger partial charge in [0.1, 0.15) is 10.6 Å². The summed E-state index contributed by atoms with van der Waals surface area (Å²) in [5.74, 6) is -0.587. The molecule has 0 aliphatic carbocycles. The number of carbonyl (C=O) groups is 1. The molecule has 2 rings (SSSR count). The lowest BCUT2D eigenvalue weighted by Crippen LogP contribution is -2.45. The third-order valence-electron chi connectivity index (χ3n) is 3.84. The highest BCUT2D eigenvalue weighted by atomic mass is 32.1. The van der Waals surface area contributed by atoms with Gasteiger partial charge in [0.15, 0.2) is 6.10 Å². The fourth-order valence-corrected chi connectivity index (χ4v) is 3.57. The van der Waals surface area contributed by atoms with Crippen LogP contribution in [0.3, 0.4) is 0 Å². The van der Waals surface area contributed by atoms with Crippen LogP contribution in [0.15, 0.2) is 6.07 Å². The highest BCUT2D eigenvalue weighted by molar-refractivity contribution is 7.14. The van der Waals surface area contributed by atoms with Crippen molar-refractivity contribution in [3.63, 3.8) is 0 Å². The maximum absolute atomic E-state index is 12.5. The molecule has 1 fully saturated rings. The largest absolute Gasteiger partial charge is 0.495 e. The number of hydrogen-bond donors (Lipinski definition) is 1. The molecular formula is C14H18F3NO3S. The first-order valence-corrected chi connectivity index (χ1v) is 7.74. The zero-order chi connectivity index (χ0) is 16.5. The van der Waals surface area contributed by atoms with Crippen molar-refractivity contribution in [3.05, 3.63) is 15.8 Å². The molecule has 1 aromatic heterocycles. The van der Waals surface area contributed by atoms with Gasteiger partial charge in [-0.2, -0.15) is 13.2 Å².